The first-order valence-electron chi connectivity index (χ1n) is 11.0. The van der Waals surface area contributed by atoms with E-state index in [1.807, 2.05) is 18.3 Å². The summed E-state index contributed by atoms with van der Waals surface area (Å²) >= 11 is 9.42. The van der Waals surface area contributed by atoms with Crippen molar-refractivity contribution in [2.45, 2.75) is 32.9 Å². The zero-order valence-electron chi connectivity index (χ0n) is 18.8. The highest BCUT2D eigenvalue weighted by Crippen LogP contribution is 2.43. The minimum Gasteiger partial charge on any atom is -0.351 e. The van der Waals surface area contributed by atoms with Gasteiger partial charge in [-0.2, -0.15) is 0 Å². The number of nitrogens with zero attached hydrogens (tertiary/aromatic N) is 3. The van der Waals surface area contributed by atoms with Crippen LogP contribution in [0.15, 0.2) is 83.5 Å². The van der Waals surface area contributed by atoms with Gasteiger partial charge < -0.3 is 14.8 Å². The highest BCUT2D eigenvalue weighted by Gasteiger charge is 2.42. The molecule has 0 spiro atoms. The van der Waals surface area contributed by atoms with Crippen LogP contribution in [0.4, 0.5) is 5.69 Å². The normalized spacial score (nSPS) is 17.9. The third kappa shape index (κ3) is 3.98. The first kappa shape index (κ1) is 21.9. The fourth-order valence-electron chi connectivity index (χ4n) is 4.73. The second kappa shape index (κ2) is 8.76. The summed E-state index contributed by atoms with van der Waals surface area (Å²) in [5.74, 6) is 0. The highest BCUT2D eigenvalue weighted by atomic mass is 79.9. The average molecular weight is 517 g/mol. The van der Waals surface area contributed by atoms with Crippen LogP contribution in [-0.4, -0.2) is 14.7 Å². The van der Waals surface area contributed by atoms with Crippen molar-refractivity contribution in [3.63, 3.8) is 0 Å². The summed E-state index contributed by atoms with van der Waals surface area (Å²) in [4.78, 5) is 6.92. The number of aryl methyl sites for hydroxylation is 2. The van der Waals surface area contributed by atoms with Crippen molar-refractivity contribution in [1.82, 2.24) is 14.9 Å². The predicted octanol–water partition coefficient (Wildman–Crippen LogP) is 6.74. The topological polar surface area (TPSA) is 33.1 Å². The number of aromatic nitrogens is 2. The van der Waals surface area contributed by atoms with Crippen LogP contribution in [0.25, 0.3) is 5.69 Å². The van der Waals surface area contributed by atoms with Crippen LogP contribution < -0.4 is 10.2 Å². The summed E-state index contributed by atoms with van der Waals surface area (Å²) in [5.41, 5.74) is 8.05. The molecule has 2 atom stereocenters. The number of hydrogen-bond donors (Lipinski definition) is 1. The smallest absolute Gasteiger partial charge is 0.174 e. The van der Waals surface area contributed by atoms with E-state index in [0.29, 0.717) is 5.11 Å². The Kier molecular flexibility index (Phi) is 5.81. The molecule has 1 saturated heterocycles. The van der Waals surface area contributed by atoms with Crippen molar-refractivity contribution in [3.05, 3.63) is 112 Å². The maximum Gasteiger partial charge on any atom is 0.174 e. The summed E-state index contributed by atoms with van der Waals surface area (Å²) in [7, 11) is 0. The number of halogens is 1. The Hall–Kier alpha value is -2.96. The quantitative estimate of drug-likeness (QED) is 0.304. The van der Waals surface area contributed by atoms with Crippen LogP contribution >= 0.6 is 28.1 Å². The number of pyridine rings is 1. The fraction of sp³-hybridized carbons (Fsp3) is 0.185. The lowest BCUT2D eigenvalue weighted by Crippen LogP contribution is -2.29. The maximum atomic E-state index is 5.88. The van der Waals surface area contributed by atoms with Gasteiger partial charge in [0.1, 0.15) is 0 Å². The third-order valence-corrected chi connectivity index (χ3v) is 7.13. The number of anilines is 1. The van der Waals surface area contributed by atoms with E-state index in [1.165, 1.54) is 22.5 Å². The van der Waals surface area contributed by atoms with Gasteiger partial charge in [-0.3, -0.25) is 4.98 Å². The van der Waals surface area contributed by atoms with E-state index in [1.54, 1.807) is 0 Å². The van der Waals surface area contributed by atoms with Gasteiger partial charge in [-0.1, -0.05) is 39.7 Å². The molecular formula is C27H25BrN4S. The standard InChI is InChI=1S/C27H25BrN4S/c1-17-7-11-22(12-8-17)32-26(25(30-27(32)33)24-6-4-5-15-29-24)23-16-18(2)31(19(23)3)21-13-9-20(28)10-14-21/h4-16,25-26H,1-3H3,(H,30,33)/t25-,26-/m0/s1. The number of hydrogen-bond acceptors (Lipinski definition) is 2. The second-order valence-electron chi connectivity index (χ2n) is 8.47. The Morgan fingerprint density at radius 3 is 2.27 bits per heavy atom. The molecule has 6 heteroatoms. The van der Waals surface area contributed by atoms with E-state index >= 15 is 0 Å². The van der Waals surface area contributed by atoms with Crippen LogP contribution in [0.5, 0.6) is 0 Å². The third-order valence-electron chi connectivity index (χ3n) is 6.28. The molecule has 0 radical (unpaired) electrons. The van der Waals surface area contributed by atoms with E-state index < -0.39 is 0 Å². The van der Waals surface area contributed by atoms with Crippen LogP contribution in [0.3, 0.4) is 0 Å². The van der Waals surface area contributed by atoms with E-state index in [-0.39, 0.29) is 12.1 Å². The SMILES string of the molecule is Cc1ccc(N2C(=S)N[C@@H](c3ccccn3)[C@@H]2c2cc(C)n(-c3ccc(Br)cc3)c2C)cc1. The van der Waals surface area contributed by atoms with Crippen molar-refractivity contribution < 1.29 is 0 Å². The summed E-state index contributed by atoms with van der Waals surface area (Å²) in [6.07, 6.45) is 1.84. The van der Waals surface area contributed by atoms with Crippen molar-refractivity contribution in [3.8, 4) is 5.69 Å². The Bertz CT molecular complexity index is 1300. The first-order chi connectivity index (χ1) is 15.9. The van der Waals surface area contributed by atoms with E-state index in [2.05, 4.69) is 117 Å². The van der Waals surface area contributed by atoms with Gasteiger partial charge in [0.2, 0.25) is 0 Å². The summed E-state index contributed by atoms with van der Waals surface area (Å²) in [6, 6.07) is 25.2. The molecular weight excluding hydrogens is 492 g/mol. The maximum absolute atomic E-state index is 5.88. The minimum absolute atomic E-state index is 0.0227. The number of rotatable bonds is 4. The van der Waals surface area contributed by atoms with Crippen LogP contribution in [0, 0.1) is 20.8 Å². The van der Waals surface area contributed by atoms with E-state index in [4.69, 9.17) is 12.2 Å². The number of benzene rings is 2. The average Bonchev–Trinajstić information content (AvgIpc) is 3.31. The van der Waals surface area contributed by atoms with Gasteiger partial charge in [-0.05, 0) is 93.1 Å². The minimum atomic E-state index is -0.0566. The van der Waals surface area contributed by atoms with Crippen molar-refractivity contribution in [2.24, 2.45) is 0 Å². The molecule has 0 unspecified atom stereocenters. The molecule has 0 aliphatic carbocycles. The van der Waals surface area contributed by atoms with Crippen molar-refractivity contribution in [1.29, 1.82) is 0 Å². The molecule has 1 aliphatic rings. The van der Waals surface area contributed by atoms with Crippen molar-refractivity contribution in [2.75, 3.05) is 4.90 Å². The first-order valence-corrected chi connectivity index (χ1v) is 12.2. The van der Waals surface area contributed by atoms with E-state index in [0.717, 1.165) is 21.5 Å². The lowest BCUT2D eigenvalue weighted by molar-refractivity contribution is 0.565. The number of thiocarbonyl (C=S) groups is 1. The van der Waals surface area contributed by atoms with Gasteiger partial charge in [0.25, 0.3) is 0 Å². The molecule has 1 aliphatic heterocycles. The highest BCUT2D eigenvalue weighted by molar-refractivity contribution is 9.10. The van der Waals surface area contributed by atoms with Gasteiger partial charge in [-0.15, -0.1) is 0 Å². The Morgan fingerprint density at radius 1 is 0.909 bits per heavy atom. The molecule has 1 N–H and O–H groups in total. The van der Waals surface area contributed by atoms with Crippen molar-refractivity contribution >= 4 is 38.9 Å². The second-order valence-corrected chi connectivity index (χ2v) is 9.77. The molecule has 4 aromatic rings. The number of nitrogens with one attached hydrogen (secondary N) is 1. The van der Waals surface area contributed by atoms with Crippen LogP contribution in [0.1, 0.15) is 40.3 Å². The Morgan fingerprint density at radius 2 is 1.61 bits per heavy atom. The van der Waals surface area contributed by atoms with Gasteiger partial charge in [-0.25, -0.2) is 0 Å². The van der Waals surface area contributed by atoms with Crippen LogP contribution in [0.2, 0.25) is 0 Å². The molecule has 2 aromatic carbocycles. The molecule has 2 aromatic heterocycles. The summed E-state index contributed by atoms with van der Waals surface area (Å²) in [6.45, 7) is 6.45. The summed E-state index contributed by atoms with van der Waals surface area (Å²) < 4.78 is 3.38. The van der Waals surface area contributed by atoms with Gasteiger partial charge in [0.05, 0.1) is 17.8 Å². The molecule has 5 rings (SSSR count). The molecule has 0 amide bonds. The zero-order chi connectivity index (χ0) is 23.1. The molecule has 33 heavy (non-hydrogen) atoms. The molecule has 1 fully saturated rings. The molecule has 4 nitrogen and oxygen atoms in total. The molecule has 0 bridgehead atoms. The lowest BCUT2D eigenvalue weighted by Gasteiger charge is -2.28. The monoisotopic (exact) mass is 516 g/mol. The van der Waals surface area contributed by atoms with Gasteiger partial charge >= 0.3 is 0 Å². The predicted molar refractivity (Wildman–Crippen MR) is 142 cm³/mol. The van der Waals surface area contributed by atoms with E-state index in [9.17, 15) is 0 Å². The Balaban J connectivity index is 1.67. The molecule has 0 saturated carbocycles. The van der Waals surface area contributed by atoms with Gasteiger partial charge in [0.15, 0.2) is 5.11 Å². The largest absolute Gasteiger partial charge is 0.351 e. The van der Waals surface area contributed by atoms with Crippen LogP contribution in [-0.2, 0) is 0 Å². The molecule has 3 heterocycles. The summed E-state index contributed by atoms with van der Waals surface area (Å²) in [5, 5.41) is 4.28. The lowest BCUT2D eigenvalue weighted by atomic mass is 9.96. The zero-order valence-corrected chi connectivity index (χ0v) is 21.2. The molecule has 166 valence electrons. The van der Waals surface area contributed by atoms with Gasteiger partial charge in [0, 0.05) is 33.4 Å². The Labute approximate surface area is 208 Å². The fourth-order valence-corrected chi connectivity index (χ4v) is 5.34.